The number of hydrogen-bond donors (Lipinski definition) is 1. The molecule has 2 aliphatic heterocycles. The fraction of sp³-hybridized carbons (Fsp3) is 0.381. The quantitative estimate of drug-likeness (QED) is 0.660. The molecule has 3 atom stereocenters. The van der Waals surface area contributed by atoms with Crippen LogP contribution in [0.5, 0.6) is 0 Å². The van der Waals surface area contributed by atoms with E-state index in [1.165, 1.54) is 12.1 Å². The molecule has 0 aliphatic carbocycles. The first-order valence-electron chi connectivity index (χ1n) is 9.88. The summed E-state index contributed by atoms with van der Waals surface area (Å²) in [5.74, 6) is 0.870. The summed E-state index contributed by atoms with van der Waals surface area (Å²) in [4.78, 5) is 28.2. The average molecular weight is 415 g/mol. The lowest BCUT2D eigenvalue weighted by Crippen LogP contribution is -2.55. The number of aromatic amines is 1. The summed E-state index contributed by atoms with van der Waals surface area (Å²) in [6.07, 6.45) is 1.71. The number of benzene rings is 1. The summed E-state index contributed by atoms with van der Waals surface area (Å²) in [5, 5.41) is 0.958. The van der Waals surface area contributed by atoms with E-state index < -0.39 is 17.8 Å². The topological polar surface area (TPSA) is 65.1 Å². The zero-order valence-corrected chi connectivity index (χ0v) is 16.0. The van der Waals surface area contributed by atoms with Crippen LogP contribution in [0.3, 0.4) is 0 Å². The van der Waals surface area contributed by atoms with Gasteiger partial charge in [-0.25, -0.2) is 9.97 Å². The second kappa shape index (κ2) is 7.09. The molecule has 156 valence electrons. The molecule has 2 bridgehead atoms. The van der Waals surface area contributed by atoms with E-state index in [1.807, 2.05) is 12.3 Å². The van der Waals surface area contributed by atoms with E-state index >= 15 is 0 Å². The minimum absolute atomic E-state index is 0.130. The van der Waals surface area contributed by atoms with Crippen LogP contribution >= 0.6 is 0 Å². The Balaban J connectivity index is 1.40. The number of carbonyl (C=O) groups is 1. The lowest BCUT2D eigenvalue weighted by Gasteiger charge is -2.44. The van der Waals surface area contributed by atoms with Gasteiger partial charge in [0.2, 0.25) is 0 Å². The number of rotatable bonds is 4. The molecule has 2 aromatic heterocycles. The Hall–Kier alpha value is -2.94. The molecule has 3 unspecified atom stereocenters. The summed E-state index contributed by atoms with van der Waals surface area (Å²) >= 11 is 0. The zero-order chi connectivity index (χ0) is 20.9. The second-order valence-electron chi connectivity index (χ2n) is 7.88. The molecule has 6 nitrogen and oxygen atoms in total. The maximum Gasteiger partial charge on any atom is 0.416 e. The number of aromatic nitrogens is 3. The summed E-state index contributed by atoms with van der Waals surface area (Å²) in [5.41, 5.74) is 0.673. The molecule has 0 radical (unpaired) electrons. The third-order valence-corrected chi connectivity index (χ3v) is 6.20. The molecule has 0 spiro atoms. The number of aldehydes is 1. The van der Waals surface area contributed by atoms with E-state index in [4.69, 9.17) is 0 Å². The summed E-state index contributed by atoms with van der Waals surface area (Å²) in [6.45, 7) is 1.41. The van der Waals surface area contributed by atoms with Crippen molar-refractivity contribution in [2.75, 3.05) is 18.0 Å². The van der Waals surface area contributed by atoms with E-state index in [2.05, 4.69) is 24.8 Å². The highest BCUT2D eigenvalue weighted by Crippen LogP contribution is 2.39. The van der Waals surface area contributed by atoms with Gasteiger partial charge >= 0.3 is 6.18 Å². The molecule has 3 aromatic rings. The number of halogens is 3. The summed E-state index contributed by atoms with van der Waals surface area (Å²) in [6, 6.07) is 6.60. The first-order chi connectivity index (χ1) is 14.5. The van der Waals surface area contributed by atoms with Crippen LogP contribution in [0.25, 0.3) is 11.0 Å². The number of piperazine rings is 1. The van der Waals surface area contributed by atoms with Crippen molar-refractivity contribution in [2.45, 2.75) is 37.1 Å². The first-order valence-corrected chi connectivity index (χ1v) is 9.88. The van der Waals surface area contributed by atoms with Gasteiger partial charge in [-0.05, 0) is 36.6 Å². The molecule has 2 saturated heterocycles. The van der Waals surface area contributed by atoms with Crippen LogP contribution in [0.4, 0.5) is 19.0 Å². The molecule has 0 saturated carbocycles. The van der Waals surface area contributed by atoms with Gasteiger partial charge in [-0.2, -0.15) is 13.2 Å². The van der Waals surface area contributed by atoms with Crippen LogP contribution in [-0.2, 0) is 11.0 Å². The van der Waals surface area contributed by atoms with Crippen molar-refractivity contribution in [3.05, 3.63) is 54.0 Å². The number of H-pyrrole nitrogens is 1. The lowest BCUT2D eigenvalue weighted by atomic mass is 10.0. The van der Waals surface area contributed by atoms with Gasteiger partial charge in [0.1, 0.15) is 24.1 Å². The fourth-order valence-corrected chi connectivity index (χ4v) is 4.86. The van der Waals surface area contributed by atoms with Crippen molar-refractivity contribution >= 4 is 23.1 Å². The highest BCUT2D eigenvalue weighted by atomic mass is 19.4. The van der Waals surface area contributed by atoms with Gasteiger partial charge in [-0.3, -0.25) is 4.90 Å². The number of nitrogens with zero attached hydrogens (tertiary/aromatic N) is 4. The first kappa shape index (κ1) is 19.0. The SMILES string of the molecule is O=CC(c1ccc(C(F)(F)F)cc1)N1C2CCC1CN(c1ncnc3[nH]ccc13)C2. The van der Waals surface area contributed by atoms with E-state index in [0.717, 1.165) is 48.1 Å². The third kappa shape index (κ3) is 3.13. The molecule has 9 heteroatoms. The number of nitrogens with one attached hydrogen (secondary N) is 1. The molecule has 1 aromatic carbocycles. The van der Waals surface area contributed by atoms with E-state index in [-0.39, 0.29) is 12.1 Å². The van der Waals surface area contributed by atoms with Crippen molar-refractivity contribution < 1.29 is 18.0 Å². The van der Waals surface area contributed by atoms with Crippen LogP contribution in [0.1, 0.15) is 30.0 Å². The van der Waals surface area contributed by atoms with Crippen molar-refractivity contribution in [2.24, 2.45) is 0 Å². The number of fused-ring (bicyclic) bond motifs is 3. The zero-order valence-electron chi connectivity index (χ0n) is 16.0. The van der Waals surface area contributed by atoms with Gasteiger partial charge in [-0.15, -0.1) is 0 Å². The molecule has 2 aliphatic rings. The van der Waals surface area contributed by atoms with Gasteiger partial charge in [0, 0.05) is 31.4 Å². The monoisotopic (exact) mass is 415 g/mol. The van der Waals surface area contributed by atoms with Crippen molar-refractivity contribution in [3.63, 3.8) is 0 Å². The Morgan fingerprint density at radius 2 is 1.77 bits per heavy atom. The Morgan fingerprint density at radius 1 is 1.07 bits per heavy atom. The standard InChI is InChI=1S/C21H20F3N5O/c22-21(23,24)14-3-1-13(2-4-14)18(11-30)29-15-5-6-16(29)10-28(9-15)20-17-7-8-25-19(17)26-12-27-20/h1-4,7-8,11-12,15-16,18H,5-6,9-10H2,(H,25,26,27). The fourth-order valence-electron chi connectivity index (χ4n) is 4.86. The normalized spacial score (nSPS) is 23.1. The number of alkyl halides is 3. The highest BCUT2D eigenvalue weighted by Gasteiger charge is 2.44. The van der Waals surface area contributed by atoms with Crippen LogP contribution < -0.4 is 4.90 Å². The third-order valence-electron chi connectivity index (χ3n) is 6.20. The molecule has 1 N–H and O–H groups in total. The van der Waals surface area contributed by atoms with E-state index in [9.17, 15) is 18.0 Å². The van der Waals surface area contributed by atoms with Gasteiger partial charge in [0.25, 0.3) is 0 Å². The predicted octanol–water partition coefficient (Wildman–Crippen LogP) is 3.57. The molecule has 5 rings (SSSR count). The van der Waals surface area contributed by atoms with Crippen molar-refractivity contribution in [1.29, 1.82) is 0 Å². The maximum absolute atomic E-state index is 12.9. The van der Waals surface area contributed by atoms with Crippen LogP contribution in [0.2, 0.25) is 0 Å². The molecule has 30 heavy (non-hydrogen) atoms. The Labute approximate surface area is 170 Å². The van der Waals surface area contributed by atoms with Gasteiger partial charge in [-0.1, -0.05) is 12.1 Å². The van der Waals surface area contributed by atoms with Gasteiger partial charge in [0.15, 0.2) is 0 Å². The van der Waals surface area contributed by atoms with E-state index in [0.29, 0.717) is 18.7 Å². The summed E-state index contributed by atoms with van der Waals surface area (Å²) < 4.78 is 38.7. The van der Waals surface area contributed by atoms with Gasteiger partial charge < -0.3 is 14.7 Å². The van der Waals surface area contributed by atoms with Crippen molar-refractivity contribution in [1.82, 2.24) is 19.9 Å². The smallest absolute Gasteiger partial charge is 0.353 e. The summed E-state index contributed by atoms with van der Waals surface area (Å²) in [7, 11) is 0. The van der Waals surface area contributed by atoms with Crippen LogP contribution in [-0.4, -0.2) is 51.3 Å². The average Bonchev–Trinajstić information content (AvgIpc) is 3.30. The Bertz CT molecular complexity index is 1050. The number of anilines is 1. The van der Waals surface area contributed by atoms with E-state index in [1.54, 1.807) is 6.33 Å². The number of carbonyl (C=O) groups excluding carboxylic acids is 1. The molecular formula is C21H20F3N5O. The minimum Gasteiger partial charge on any atom is -0.353 e. The minimum atomic E-state index is -4.39. The highest BCUT2D eigenvalue weighted by molar-refractivity contribution is 5.87. The molecule has 2 fully saturated rings. The Kier molecular flexibility index (Phi) is 4.50. The predicted molar refractivity (Wildman–Crippen MR) is 105 cm³/mol. The number of hydrogen-bond acceptors (Lipinski definition) is 5. The van der Waals surface area contributed by atoms with Crippen LogP contribution in [0, 0.1) is 0 Å². The van der Waals surface area contributed by atoms with Crippen molar-refractivity contribution in [3.8, 4) is 0 Å². The molecule has 0 amide bonds. The van der Waals surface area contributed by atoms with Crippen LogP contribution in [0.15, 0.2) is 42.9 Å². The molecular weight excluding hydrogens is 395 g/mol. The Morgan fingerprint density at radius 3 is 2.40 bits per heavy atom. The lowest BCUT2D eigenvalue weighted by molar-refractivity contribution is -0.137. The molecule has 4 heterocycles. The maximum atomic E-state index is 12.9. The van der Waals surface area contributed by atoms with Gasteiger partial charge in [0.05, 0.1) is 17.0 Å². The second-order valence-corrected chi connectivity index (χ2v) is 7.88. The largest absolute Gasteiger partial charge is 0.416 e.